The summed E-state index contributed by atoms with van der Waals surface area (Å²) in [6.45, 7) is 1.23. The number of nitrogens with zero attached hydrogens (tertiary/aromatic N) is 3. The molecule has 0 aromatic heterocycles. The first-order chi connectivity index (χ1) is 8.96. The number of benzene rings is 1. The minimum Gasteiger partial charge on any atom is -0.343 e. The van der Waals surface area contributed by atoms with Crippen molar-refractivity contribution in [3.63, 3.8) is 0 Å². The Labute approximate surface area is 116 Å². The molecule has 1 aromatic carbocycles. The van der Waals surface area contributed by atoms with E-state index >= 15 is 0 Å². The maximum Gasteiger partial charge on any atom is 0.163 e. The number of hydrogen-bond donors (Lipinski definition) is 1. The van der Waals surface area contributed by atoms with Crippen LogP contribution in [0.5, 0.6) is 0 Å². The first-order valence-electron chi connectivity index (χ1n) is 4.82. The summed E-state index contributed by atoms with van der Waals surface area (Å²) >= 11 is 2.90. The number of anilines is 1. The lowest BCUT2D eigenvalue weighted by atomic mass is 10.1. The average Bonchev–Trinajstić information content (AvgIpc) is 2.42. The van der Waals surface area contributed by atoms with Crippen LogP contribution >= 0.6 is 15.9 Å². The van der Waals surface area contributed by atoms with Crippen molar-refractivity contribution in [1.82, 2.24) is 0 Å². The highest BCUT2D eigenvalue weighted by molar-refractivity contribution is 9.10. The van der Waals surface area contributed by atoms with E-state index in [1.54, 1.807) is 6.07 Å². The van der Waals surface area contributed by atoms with Gasteiger partial charge in [0, 0.05) is 5.56 Å². The maximum absolute atomic E-state index is 13.8. The van der Waals surface area contributed by atoms with E-state index in [1.165, 1.54) is 19.1 Å². The van der Waals surface area contributed by atoms with Crippen LogP contribution < -0.4 is 5.32 Å². The summed E-state index contributed by atoms with van der Waals surface area (Å²) in [4.78, 5) is 0. The molecule has 0 fully saturated rings. The van der Waals surface area contributed by atoms with E-state index in [-0.39, 0.29) is 15.7 Å². The first kappa shape index (κ1) is 14.6. The molecule has 0 unspecified atom stereocenters. The van der Waals surface area contributed by atoms with Crippen molar-refractivity contribution < 1.29 is 8.78 Å². The smallest absolute Gasteiger partial charge is 0.163 e. The van der Waals surface area contributed by atoms with Gasteiger partial charge in [0.15, 0.2) is 11.4 Å². The van der Waals surface area contributed by atoms with Gasteiger partial charge in [0.2, 0.25) is 0 Å². The molecule has 0 spiro atoms. The minimum absolute atomic E-state index is 0.00153. The third kappa shape index (κ3) is 2.88. The van der Waals surface area contributed by atoms with Gasteiger partial charge < -0.3 is 5.32 Å². The van der Waals surface area contributed by atoms with Gasteiger partial charge in [-0.3, -0.25) is 0 Å². The molecule has 0 aliphatic carbocycles. The fourth-order valence-corrected chi connectivity index (χ4v) is 1.77. The zero-order valence-electron chi connectivity index (χ0n) is 9.55. The maximum atomic E-state index is 13.8. The van der Waals surface area contributed by atoms with Crippen LogP contribution in [0.4, 0.5) is 14.5 Å². The summed E-state index contributed by atoms with van der Waals surface area (Å²) < 4.78 is 27.2. The van der Waals surface area contributed by atoms with Crippen LogP contribution in [-0.4, -0.2) is 0 Å². The van der Waals surface area contributed by atoms with Crippen LogP contribution in [0.25, 0.3) is 0 Å². The fraction of sp³-hybridized carbons (Fsp3) is 0.0833. The molecule has 1 N–H and O–H groups in total. The Hall–Kier alpha value is -2.43. The van der Waals surface area contributed by atoms with Crippen molar-refractivity contribution in [3.8, 4) is 18.2 Å². The Morgan fingerprint density at radius 2 is 1.74 bits per heavy atom. The molecule has 0 amide bonds. The molecule has 1 aromatic rings. The van der Waals surface area contributed by atoms with Gasteiger partial charge in [0.05, 0.1) is 10.2 Å². The molecule has 94 valence electrons. The summed E-state index contributed by atoms with van der Waals surface area (Å²) in [6, 6.07) is 5.68. The molecular formula is C12H5BrF2N4. The third-order valence-corrected chi connectivity index (χ3v) is 2.80. The van der Waals surface area contributed by atoms with Crippen molar-refractivity contribution in [2.75, 3.05) is 5.32 Å². The molecule has 1 rings (SSSR count). The van der Waals surface area contributed by atoms with Gasteiger partial charge in [-0.15, -0.1) is 0 Å². The van der Waals surface area contributed by atoms with Gasteiger partial charge in [-0.2, -0.15) is 15.8 Å². The lowest BCUT2D eigenvalue weighted by Gasteiger charge is -2.10. The van der Waals surface area contributed by atoms with Crippen molar-refractivity contribution >= 4 is 21.6 Å². The van der Waals surface area contributed by atoms with Gasteiger partial charge in [0.25, 0.3) is 0 Å². The van der Waals surface area contributed by atoms with E-state index in [0.29, 0.717) is 0 Å². The molecule has 0 bridgehead atoms. The molecule has 0 saturated heterocycles. The predicted molar refractivity (Wildman–Crippen MR) is 66.3 cm³/mol. The molecule has 4 nitrogen and oxygen atoms in total. The van der Waals surface area contributed by atoms with Crippen LogP contribution in [0.15, 0.2) is 21.8 Å². The molecule has 7 heteroatoms. The quantitative estimate of drug-likeness (QED) is 0.669. The van der Waals surface area contributed by atoms with Crippen LogP contribution in [-0.2, 0) is 0 Å². The number of halogens is 3. The van der Waals surface area contributed by atoms with Crippen LogP contribution in [0, 0.1) is 52.6 Å². The Bertz CT molecular complexity index is 674. The van der Waals surface area contributed by atoms with E-state index < -0.39 is 22.9 Å². The highest BCUT2D eigenvalue weighted by Crippen LogP contribution is 2.28. The standard InChI is InChI=1S/C12H5BrF2N4/c1-6-11(14)8(13)2-9(12(6)15)19-10(5-18)7(3-16)4-17/h2,19H,1H3. The topological polar surface area (TPSA) is 83.4 Å². The molecule has 19 heavy (non-hydrogen) atoms. The van der Waals surface area contributed by atoms with Crippen LogP contribution in [0.3, 0.4) is 0 Å². The molecule has 0 atom stereocenters. The lowest BCUT2D eigenvalue weighted by molar-refractivity contribution is 0.566. The first-order valence-corrected chi connectivity index (χ1v) is 5.61. The van der Waals surface area contributed by atoms with E-state index in [9.17, 15) is 8.78 Å². The summed E-state index contributed by atoms with van der Waals surface area (Å²) in [5.74, 6) is -1.66. The van der Waals surface area contributed by atoms with E-state index in [2.05, 4.69) is 21.2 Å². The molecule has 0 aliphatic heterocycles. The molecule has 0 heterocycles. The lowest BCUT2D eigenvalue weighted by Crippen LogP contribution is -2.05. The minimum atomic E-state index is -0.899. The highest BCUT2D eigenvalue weighted by Gasteiger charge is 2.16. The number of allylic oxidation sites excluding steroid dienone is 2. The second-order valence-corrected chi connectivity index (χ2v) is 4.22. The Kier molecular flexibility index (Phi) is 4.58. The highest BCUT2D eigenvalue weighted by atomic mass is 79.9. The van der Waals surface area contributed by atoms with Crippen molar-refractivity contribution in [2.45, 2.75) is 6.92 Å². The summed E-state index contributed by atoms with van der Waals surface area (Å²) in [5, 5.41) is 28.4. The summed E-state index contributed by atoms with van der Waals surface area (Å²) in [7, 11) is 0. The monoisotopic (exact) mass is 322 g/mol. The van der Waals surface area contributed by atoms with Crippen LogP contribution in [0.2, 0.25) is 0 Å². The van der Waals surface area contributed by atoms with Crippen molar-refractivity contribution in [1.29, 1.82) is 15.8 Å². The average molecular weight is 323 g/mol. The Morgan fingerprint density at radius 3 is 2.21 bits per heavy atom. The summed E-state index contributed by atoms with van der Waals surface area (Å²) in [6.07, 6.45) is 0. The fourth-order valence-electron chi connectivity index (χ4n) is 1.24. The largest absolute Gasteiger partial charge is 0.343 e. The van der Waals surface area contributed by atoms with Crippen molar-refractivity contribution in [2.24, 2.45) is 0 Å². The SMILES string of the molecule is Cc1c(F)c(Br)cc(NC(C#N)=C(C#N)C#N)c1F. The van der Waals surface area contributed by atoms with Gasteiger partial charge in [0.1, 0.15) is 29.7 Å². The second-order valence-electron chi connectivity index (χ2n) is 3.37. The normalized spacial score (nSPS) is 8.89. The van der Waals surface area contributed by atoms with Gasteiger partial charge in [-0.25, -0.2) is 8.78 Å². The van der Waals surface area contributed by atoms with E-state index in [4.69, 9.17) is 15.8 Å². The van der Waals surface area contributed by atoms with Crippen LogP contribution in [0.1, 0.15) is 5.56 Å². The number of rotatable bonds is 2. The van der Waals surface area contributed by atoms with E-state index in [0.717, 1.165) is 6.07 Å². The van der Waals surface area contributed by atoms with Gasteiger partial charge in [-0.1, -0.05) is 0 Å². The molecule has 0 radical (unpaired) electrons. The third-order valence-electron chi connectivity index (χ3n) is 2.22. The molecule has 0 aliphatic rings. The zero-order valence-corrected chi connectivity index (χ0v) is 11.1. The summed E-state index contributed by atoms with van der Waals surface area (Å²) in [5.41, 5.74) is -1.34. The number of nitrogens with one attached hydrogen (secondary N) is 1. The van der Waals surface area contributed by atoms with Gasteiger partial charge >= 0.3 is 0 Å². The second kappa shape index (κ2) is 5.95. The molecule has 0 saturated carbocycles. The number of hydrogen-bond acceptors (Lipinski definition) is 4. The number of nitriles is 3. The zero-order chi connectivity index (χ0) is 14.6. The van der Waals surface area contributed by atoms with Gasteiger partial charge in [-0.05, 0) is 28.9 Å². The predicted octanol–water partition coefficient (Wildman–Crippen LogP) is 3.27. The Balaban J connectivity index is 3.38. The van der Waals surface area contributed by atoms with Crippen molar-refractivity contribution in [3.05, 3.63) is 39.0 Å². The Morgan fingerprint density at radius 1 is 1.16 bits per heavy atom. The molecular weight excluding hydrogens is 318 g/mol. The van der Waals surface area contributed by atoms with E-state index in [1.807, 2.05) is 0 Å².